The quantitative estimate of drug-likeness (QED) is 0.858. The van der Waals surface area contributed by atoms with Crippen LogP contribution in [0, 0.1) is 6.92 Å². The average molecular weight is 256 g/mol. The first kappa shape index (κ1) is 13.1. The molecule has 0 saturated carbocycles. The van der Waals surface area contributed by atoms with Gasteiger partial charge in [-0.05, 0) is 30.7 Å². The van der Waals surface area contributed by atoms with Crippen LogP contribution >= 0.6 is 0 Å². The lowest BCUT2D eigenvalue weighted by Gasteiger charge is -2.16. The summed E-state index contributed by atoms with van der Waals surface area (Å²) in [7, 11) is 3.99. The number of rotatable bonds is 3. The number of nitrogens with zero attached hydrogens (tertiary/aromatic N) is 2. The molecule has 4 nitrogen and oxygen atoms in total. The SMILES string of the molecule is Cc1cc(N(C)C)c2ccc(/C=C/C(=O)O)cc2n1. The number of fused-ring (bicyclic) bond motifs is 1. The molecule has 0 radical (unpaired) electrons. The van der Waals surface area contributed by atoms with Gasteiger partial charge in [0.1, 0.15) is 0 Å². The topological polar surface area (TPSA) is 53.4 Å². The van der Waals surface area contributed by atoms with Crippen LogP contribution in [-0.2, 0) is 4.79 Å². The lowest BCUT2D eigenvalue weighted by molar-refractivity contribution is -0.131. The van der Waals surface area contributed by atoms with E-state index in [0.717, 1.165) is 33.9 Å². The van der Waals surface area contributed by atoms with E-state index in [9.17, 15) is 4.79 Å². The van der Waals surface area contributed by atoms with Crippen molar-refractivity contribution in [2.75, 3.05) is 19.0 Å². The Bertz CT molecular complexity index is 660. The van der Waals surface area contributed by atoms with Gasteiger partial charge in [0.25, 0.3) is 0 Å². The van der Waals surface area contributed by atoms with E-state index in [0.29, 0.717) is 0 Å². The van der Waals surface area contributed by atoms with Crippen LogP contribution in [0.5, 0.6) is 0 Å². The number of carboxylic acids is 1. The predicted molar refractivity (Wildman–Crippen MR) is 77.5 cm³/mol. The van der Waals surface area contributed by atoms with Crippen LogP contribution in [-0.4, -0.2) is 30.2 Å². The van der Waals surface area contributed by atoms with Crippen molar-refractivity contribution in [3.05, 3.63) is 41.6 Å². The van der Waals surface area contributed by atoms with Crippen LogP contribution in [0.25, 0.3) is 17.0 Å². The van der Waals surface area contributed by atoms with Crippen LogP contribution in [0.4, 0.5) is 5.69 Å². The third kappa shape index (κ3) is 2.91. The lowest BCUT2D eigenvalue weighted by Crippen LogP contribution is -2.09. The molecular weight excluding hydrogens is 240 g/mol. The second-order valence-electron chi connectivity index (χ2n) is 4.63. The molecule has 4 heteroatoms. The molecule has 0 unspecified atom stereocenters. The maximum Gasteiger partial charge on any atom is 0.328 e. The van der Waals surface area contributed by atoms with Crippen LogP contribution in [0.15, 0.2) is 30.3 Å². The second-order valence-corrected chi connectivity index (χ2v) is 4.63. The molecule has 1 heterocycles. The maximum absolute atomic E-state index is 10.5. The van der Waals surface area contributed by atoms with Crippen molar-refractivity contribution in [3.63, 3.8) is 0 Å². The average Bonchev–Trinajstić information content (AvgIpc) is 2.34. The number of aliphatic carboxylic acids is 1. The molecule has 0 atom stereocenters. The zero-order chi connectivity index (χ0) is 14.0. The monoisotopic (exact) mass is 256 g/mol. The normalized spacial score (nSPS) is 11.1. The predicted octanol–water partition coefficient (Wildman–Crippen LogP) is 2.71. The first-order chi connectivity index (χ1) is 8.97. The molecule has 0 aliphatic rings. The van der Waals surface area contributed by atoms with Crippen LogP contribution in [0.2, 0.25) is 0 Å². The minimum atomic E-state index is -0.953. The molecule has 0 aliphatic heterocycles. The highest BCUT2D eigenvalue weighted by Gasteiger charge is 2.06. The van der Waals surface area contributed by atoms with Gasteiger partial charge in [-0.15, -0.1) is 0 Å². The Labute approximate surface area is 112 Å². The zero-order valence-corrected chi connectivity index (χ0v) is 11.2. The molecule has 0 aliphatic carbocycles. The van der Waals surface area contributed by atoms with Crippen molar-refractivity contribution >= 4 is 28.6 Å². The van der Waals surface area contributed by atoms with Gasteiger partial charge in [-0.25, -0.2) is 4.79 Å². The van der Waals surface area contributed by atoms with Crippen LogP contribution in [0.1, 0.15) is 11.3 Å². The van der Waals surface area contributed by atoms with Crippen molar-refractivity contribution in [2.45, 2.75) is 6.92 Å². The highest BCUT2D eigenvalue weighted by atomic mass is 16.4. The van der Waals surface area contributed by atoms with Gasteiger partial charge in [0, 0.05) is 36.9 Å². The number of carbonyl (C=O) groups is 1. The molecule has 0 fully saturated rings. The summed E-state index contributed by atoms with van der Waals surface area (Å²) in [6, 6.07) is 7.80. The number of hydrogen-bond acceptors (Lipinski definition) is 3. The van der Waals surface area contributed by atoms with Crippen molar-refractivity contribution < 1.29 is 9.90 Å². The zero-order valence-electron chi connectivity index (χ0n) is 11.2. The van der Waals surface area contributed by atoms with Gasteiger partial charge in [-0.1, -0.05) is 12.1 Å². The van der Waals surface area contributed by atoms with E-state index in [1.807, 2.05) is 50.2 Å². The highest BCUT2D eigenvalue weighted by molar-refractivity contribution is 5.94. The first-order valence-electron chi connectivity index (χ1n) is 5.97. The van der Waals surface area contributed by atoms with E-state index in [2.05, 4.69) is 4.98 Å². The number of aromatic nitrogens is 1. The molecule has 2 aromatic rings. The number of carboxylic acid groups (broad SMARTS) is 1. The summed E-state index contributed by atoms with van der Waals surface area (Å²) in [5.74, 6) is -0.953. The molecule has 0 amide bonds. The highest BCUT2D eigenvalue weighted by Crippen LogP contribution is 2.26. The van der Waals surface area contributed by atoms with Gasteiger partial charge < -0.3 is 10.0 Å². The number of pyridine rings is 1. The summed E-state index contributed by atoms with van der Waals surface area (Å²) in [4.78, 5) is 17.1. The third-order valence-electron chi connectivity index (χ3n) is 2.84. The van der Waals surface area contributed by atoms with Crippen molar-refractivity contribution in [3.8, 4) is 0 Å². The Kier molecular flexibility index (Phi) is 3.51. The summed E-state index contributed by atoms with van der Waals surface area (Å²) < 4.78 is 0. The Morgan fingerprint density at radius 2 is 2.05 bits per heavy atom. The maximum atomic E-state index is 10.5. The van der Waals surface area contributed by atoms with E-state index >= 15 is 0 Å². The summed E-state index contributed by atoms with van der Waals surface area (Å²) in [5.41, 5.74) is 3.75. The van der Waals surface area contributed by atoms with E-state index in [1.54, 1.807) is 6.08 Å². The molecule has 2 rings (SSSR count). The summed E-state index contributed by atoms with van der Waals surface area (Å²) in [5, 5.41) is 9.70. The third-order valence-corrected chi connectivity index (χ3v) is 2.84. The largest absolute Gasteiger partial charge is 0.478 e. The Balaban J connectivity index is 2.57. The first-order valence-corrected chi connectivity index (χ1v) is 5.97. The number of hydrogen-bond donors (Lipinski definition) is 1. The summed E-state index contributed by atoms with van der Waals surface area (Å²) in [6.07, 6.45) is 2.70. The van der Waals surface area contributed by atoms with E-state index in [4.69, 9.17) is 5.11 Å². The van der Waals surface area contributed by atoms with E-state index in [-0.39, 0.29) is 0 Å². The molecule has 19 heavy (non-hydrogen) atoms. The number of benzene rings is 1. The number of anilines is 1. The molecule has 98 valence electrons. The fourth-order valence-corrected chi connectivity index (χ4v) is 2.00. The van der Waals surface area contributed by atoms with Crippen LogP contribution in [0.3, 0.4) is 0 Å². The van der Waals surface area contributed by atoms with Gasteiger partial charge >= 0.3 is 5.97 Å². The Morgan fingerprint density at radius 3 is 2.68 bits per heavy atom. The van der Waals surface area contributed by atoms with Gasteiger partial charge in [-0.3, -0.25) is 4.98 Å². The standard InChI is InChI=1S/C15H16N2O2/c1-10-8-14(17(2)3)12-6-4-11(5-7-15(18)19)9-13(12)16-10/h4-9H,1-3H3,(H,18,19)/b7-5+. The smallest absolute Gasteiger partial charge is 0.328 e. The Hall–Kier alpha value is -2.36. The number of aryl methyl sites for hydroxylation is 1. The lowest BCUT2D eigenvalue weighted by atomic mass is 10.1. The van der Waals surface area contributed by atoms with Gasteiger partial charge in [-0.2, -0.15) is 0 Å². The fourth-order valence-electron chi connectivity index (χ4n) is 2.00. The summed E-state index contributed by atoms with van der Waals surface area (Å²) in [6.45, 7) is 1.95. The molecule has 0 spiro atoms. The molecule has 0 bridgehead atoms. The molecule has 1 aromatic heterocycles. The fraction of sp³-hybridized carbons (Fsp3) is 0.200. The van der Waals surface area contributed by atoms with Crippen molar-refractivity contribution in [2.24, 2.45) is 0 Å². The van der Waals surface area contributed by atoms with Gasteiger partial charge in [0.05, 0.1) is 5.52 Å². The van der Waals surface area contributed by atoms with Gasteiger partial charge in [0.2, 0.25) is 0 Å². The van der Waals surface area contributed by atoms with Crippen LogP contribution < -0.4 is 4.90 Å². The molecule has 1 aromatic carbocycles. The molecule has 0 saturated heterocycles. The summed E-state index contributed by atoms with van der Waals surface area (Å²) >= 11 is 0. The molecule has 1 N–H and O–H groups in total. The minimum absolute atomic E-state index is 0.831. The minimum Gasteiger partial charge on any atom is -0.478 e. The van der Waals surface area contributed by atoms with E-state index < -0.39 is 5.97 Å². The van der Waals surface area contributed by atoms with Crippen molar-refractivity contribution in [1.29, 1.82) is 0 Å². The molecular formula is C15H16N2O2. The van der Waals surface area contributed by atoms with E-state index in [1.165, 1.54) is 0 Å². The second kappa shape index (κ2) is 5.10. The van der Waals surface area contributed by atoms with Gasteiger partial charge in [0.15, 0.2) is 0 Å². The Morgan fingerprint density at radius 1 is 1.32 bits per heavy atom. The van der Waals surface area contributed by atoms with Crippen molar-refractivity contribution in [1.82, 2.24) is 4.98 Å².